The van der Waals surface area contributed by atoms with E-state index in [1.165, 1.54) is 0 Å². The molecule has 0 fully saturated rings. The van der Waals surface area contributed by atoms with E-state index in [0.717, 1.165) is 25.1 Å². The zero-order valence-corrected chi connectivity index (χ0v) is 8.88. The van der Waals surface area contributed by atoms with Crippen LogP contribution in [0.1, 0.15) is 32.4 Å². The van der Waals surface area contributed by atoms with Crippen molar-refractivity contribution >= 4 is 0 Å². The molecule has 0 spiro atoms. The van der Waals surface area contributed by atoms with E-state index in [1.807, 2.05) is 13.0 Å². The maximum absolute atomic E-state index is 9.85. The van der Waals surface area contributed by atoms with Gasteiger partial charge in [-0.15, -0.1) is 0 Å². The van der Waals surface area contributed by atoms with Gasteiger partial charge in [0, 0.05) is 25.0 Å². The zero-order valence-electron chi connectivity index (χ0n) is 8.88. The van der Waals surface area contributed by atoms with Crippen molar-refractivity contribution in [1.29, 1.82) is 0 Å². The lowest BCUT2D eigenvalue weighted by atomic mass is 10.0. The second-order valence-electron chi connectivity index (χ2n) is 3.93. The number of H-pyrrole nitrogens is 1. The van der Waals surface area contributed by atoms with Crippen LogP contribution in [0.15, 0.2) is 12.3 Å². The largest absolute Gasteiger partial charge is 0.389 e. The Bertz CT molecular complexity index is 244. The van der Waals surface area contributed by atoms with Crippen LogP contribution < -0.4 is 5.32 Å². The predicted octanol–water partition coefficient (Wildman–Crippen LogP) is 1.05. The van der Waals surface area contributed by atoms with Crippen LogP contribution >= 0.6 is 0 Å². The fourth-order valence-electron chi connectivity index (χ4n) is 1.48. The molecule has 0 aliphatic heterocycles. The summed E-state index contributed by atoms with van der Waals surface area (Å²) in [5, 5.41) is 19.8. The first kappa shape index (κ1) is 11.2. The van der Waals surface area contributed by atoms with E-state index >= 15 is 0 Å². The molecule has 1 rings (SSSR count). The fraction of sp³-hybridized carbons (Fsp3) is 0.700. The average Bonchev–Trinajstić information content (AvgIpc) is 2.56. The Balaban J connectivity index is 2.20. The van der Waals surface area contributed by atoms with Gasteiger partial charge >= 0.3 is 0 Å². The highest BCUT2D eigenvalue weighted by atomic mass is 16.3. The molecule has 0 saturated heterocycles. The molecular formula is C10H19N3O. The Morgan fingerprint density at radius 1 is 1.64 bits per heavy atom. The number of nitrogens with zero attached hydrogens (tertiary/aromatic N) is 1. The number of aromatic amines is 1. The molecule has 1 aromatic heterocycles. The van der Waals surface area contributed by atoms with Crippen LogP contribution in [0.2, 0.25) is 0 Å². The van der Waals surface area contributed by atoms with E-state index < -0.39 is 5.60 Å². The van der Waals surface area contributed by atoms with Crippen LogP contribution in [0.4, 0.5) is 0 Å². The molecule has 0 bridgehead atoms. The predicted molar refractivity (Wildman–Crippen MR) is 55.8 cm³/mol. The maximum Gasteiger partial charge on any atom is 0.0743 e. The Labute approximate surface area is 84.7 Å². The van der Waals surface area contributed by atoms with Gasteiger partial charge in [0.1, 0.15) is 0 Å². The van der Waals surface area contributed by atoms with E-state index in [1.54, 1.807) is 6.20 Å². The number of rotatable bonds is 6. The van der Waals surface area contributed by atoms with Gasteiger partial charge < -0.3 is 10.4 Å². The summed E-state index contributed by atoms with van der Waals surface area (Å²) in [5.74, 6) is 0. The molecule has 4 nitrogen and oxygen atoms in total. The molecule has 1 heterocycles. The number of aromatic nitrogens is 2. The molecule has 4 heteroatoms. The summed E-state index contributed by atoms with van der Waals surface area (Å²) in [4.78, 5) is 0. The van der Waals surface area contributed by atoms with E-state index in [0.29, 0.717) is 6.54 Å². The fourth-order valence-corrected chi connectivity index (χ4v) is 1.48. The first-order valence-electron chi connectivity index (χ1n) is 5.05. The van der Waals surface area contributed by atoms with E-state index in [-0.39, 0.29) is 0 Å². The number of hydrogen-bond donors (Lipinski definition) is 3. The van der Waals surface area contributed by atoms with Crippen molar-refractivity contribution in [2.45, 2.75) is 38.8 Å². The standard InChI is InChI=1S/C10H19N3O/c1-3-5-10(2,14)8-11-7-9-4-6-12-13-9/h4,6,11,14H,3,5,7-8H2,1-2H3,(H,12,13). The van der Waals surface area contributed by atoms with E-state index in [4.69, 9.17) is 0 Å². The third-order valence-electron chi connectivity index (χ3n) is 2.17. The smallest absolute Gasteiger partial charge is 0.0743 e. The van der Waals surface area contributed by atoms with Gasteiger partial charge in [-0.25, -0.2) is 0 Å². The van der Waals surface area contributed by atoms with Crippen LogP contribution in [0.25, 0.3) is 0 Å². The summed E-state index contributed by atoms with van der Waals surface area (Å²) in [6.45, 7) is 5.26. The topological polar surface area (TPSA) is 60.9 Å². The van der Waals surface area contributed by atoms with Crippen LogP contribution in [0.5, 0.6) is 0 Å². The van der Waals surface area contributed by atoms with Gasteiger partial charge in [-0.05, 0) is 19.4 Å². The molecule has 14 heavy (non-hydrogen) atoms. The van der Waals surface area contributed by atoms with Crippen LogP contribution in [0.3, 0.4) is 0 Å². The minimum absolute atomic E-state index is 0.602. The van der Waals surface area contributed by atoms with Gasteiger partial charge in [0.05, 0.1) is 5.60 Å². The van der Waals surface area contributed by atoms with Gasteiger partial charge in [0.2, 0.25) is 0 Å². The Morgan fingerprint density at radius 3 is 3.00 bits per heavy atom. The molecule has 1 atom stereocenters. The van der Waals surface area contributed by atoms with Crippen molar-refractivity contribution in [2.24, 2.45) is 0 Å². The molecule has 0 aliphatic carbocycles. The highest BCUT2D eigenvalue weighted by Crippen LogP contribution is 2.10. The molecule has 0 aliphatic rings. The Morgan fingerprint density at radius 2 is 2.43 bits per heavy atom. The van der Waals surface area contributed by atoms with Crippen LogP contribution in [0, 0.1) is 0 Å². The molecule has 0 radical (unpaired) electrons. The molecule has 0 amide bonds. The van der Waals surface area contributed by atoms with Gasteiger partial charge in [0.25, 0.3) is 0 Å². The number of aliphatic hydroxyl groups is 1. The van der Waals surface area contributed by atoms with Crippen molar-refractivity contribution in [3.63, 3.8) is 0 Å². The summed E-state index contributed by atoms with van der Waals surface area (Å²) in [6.07, 6.45) is 3.54. The molecular weight excluding hydrogens is 178 g/mol. The van der Waals surface area contributed by atoms with Gasteiger partial charge in [-0.2, -0.15) is 5.10 Å². The third-order valence-corrected chi connectivity index (χ3v) is 2.17. The number of hydrogen-bond acceptors (Lipinski definition) is 3. The quantitative estimate of drug-likeness (QED) is 0.639. The Kier molecular flexibility index (Phi) is 4.10. The van der Waals surface area contributed by atoms with Crippen molar-refractivity contribution in [2.75, 3.05) is 6.54 Å². The number of nitrogens with one attached hydrogen (secondary N) is 2. The molecule has 3 N–H and O–H groups in total. The molecule has 1 aromatic rings. The lowest BCUT2D eigenvalue weighted by Crippen LogP contribution is -2.37. The zero-order chi connectivity index (χ0) is 10.4. The average molecular weight is 197 g/mol. The highest BCUT2D eigenvalue weighted by Gasteiger charge is 2.17. The minimum atomic E-state index is -0.602. The van der Waals surface area contributed by atoms with Crippen molar-refractivity contribution < 1.29 is 5.11 Å². The normalized spacial score (nSPS) is 15.4. The van der Waals surface area contributed by atoms with Gasteiger partial charge in [0.15, 0.2) is 0 Å². The third kappa shape index (κ3) is 3.89. The monoisotopic (exact) mass is 197 g/mol. The summed E-state index contributed by atoms with van der Waals surface area (Å²) < 4.78 is 0. The van der Waals surface area contributed by atoms with E-state index in [2.05, 4.69) is 22.4 Å². The second-order valence-corrected chi connectivity index (χ2v) is 3.93. The summed E-state index contributed by atoms with van der Waals surface area (Å²) >= 11 is 0. The Hall–Kier alpha value is -0.870. The molecule has 1 unspecified atom stereocenters. The maximum atomic E-state index is 9.85. The first-order valence-corrected chi connectivity index (χ1v) is 5.05. The summed E-state index contributed by atoms with van der Waals surface area (Å²) in [6, 6.07) is 1.92. The molecule has 0 aromatic carbocycles. The highest BCUT2D eigenvalue weighted by molar-refractivity contribution is 4.96. The molecule has 80 valence electrons. The van der Waals surface area contributed by atoms with Crippen LogP contribution in [-0.4, -0.2) is 27.4 Å². The van der Waals surface area contributed by atoms with Gasteiger partial charge in [-0.1, -0.05) is 13.3 Å². The van der Waals surface area contributed by atoms with E-state index in [9.17, 15) is 5.11 Å². The van der Waals surface area contributed by atoms with Crippen LogP contribution in [-0.2, 0) is 6.54 Å². The van der Waals surface area contributed by atoms with Crippen molar-refractivity contribution in [3.8, 4) is 0 Å². The SMILES string of the molecule is CCCC(C)(O)CNCc1ccn[nH]1. The minimum Gasteiger partial charge on any atom is -0.389 e. The first-order chi connectivity index (χ1) is 6.64. The lowest BCUT2D eigenvalue weighted by molar-refractivity contribution is 0.0497. The summed E-state index contributed by atoms with van der Waals surface area (Å²) in [5.41, 5.74) is 0.437. The lowest BCUT2D eigenvalue weighted by Gasteiger charge is -2.22. The van der Waals surface area contributed by atoms with Gasteiger partial charge in [-0.3, -0.25) is 5.10 Å². The summed E-state index contributed by atoms with van der Waals surface area (Å²) in [7, 11) is 0. The van der Waals surface area contributed by atoms with Crippen molar-refractivity contribution in [3.05, 3.63) is 18.0 Å². The second kappa shape index (κ2) is 5.12. The molecule has 0 saturated carbocycles. The van der Waals surface area contributed by atoms with Crippen molar-refractivity contribution in [1.82, 2.24) is 15.5 Å².